The SMILES string of the molecule is O=C(O)c1cc(Oc2cc(F)ccc2[N+](=O)[O-])cs1. The van der Waals surface area contributed by atoms with Crippen LogP contribution in [0.2, 0.25) is 0 Å². The zero-order chi connectivity index (χ0) is 14.0. The largest absolute Gasteiger partial charge is 0.477 e. The number of carboxylic acids is 1. The maximum atomic E-state index is 13.1. The summed E-state index contributed by atoms with van der Waals surface area (Å²) in [6, 6.07) is 4.01. The van der Waals surface area contributed by atoms with Crippen LogP contribution in [0.15, 0.2) is 29.6 Å². The fraction of sp³-hybridized carbons (Fsp3) is 0. The molecular weight excluding hydrogens is 277 g/mol. The molecule has 1 heterocycles. The number of halogens is 1. The van der Waals surface area contributed by atoms with Gasteiger partial charge in [0.2, 0.25) is 5.75 Å². The number of thiophene rings is 1. The van der Waals surface area contributed by atoms with Crippen molar-refractivity contribution < 1.29 is 24.0 Å². The molecule has 2 rings (SSSR count). The van der Waals surface area contributed by atoms with E-state index in [9.17, 15) is 19.3 Å². The lowest BCUT2D eigenvalue weighted by molar-refractivity contribution is -0.385. The van der Waals surface area contributed by atoms with Crippen LogP contribution in [-0.4, -0.2) is 16.0 Å². The minimum absolute atomic E-state index is 0.0223. The van der Waals surface area contributed by atoms with E-state index in [4.69, 9.17) is 9.84 Å². The Morgan fingerprint density at radius 3 is 2.74 bits per heavy atom. The van der Waals surface area contributed by atoms with E-state index in [2.05, 4.69) is 0 Å². The molecule has 0 fully saturated rings. The highest BCUT2D eigenvalue weighted by molar-refractivity contribution is 7.12. The molecule has 1 aromatic carbocycles. The van der Waals surface area contributed by atoms with E-state index in [1.165, 1.54) is 11.4 Å². The molecule has 0 aliphatic rings. The average Bonchev–Trinajstić information content (AvgIpc) is 2.77. The quantitative estimate of drug-likeness (QED) is 0.686. The molecule has 2 aromatic rings. The molecule has 0 saturated heterocycles. The monoisotopic (exact) mass is 283 g/mol. The molecule has 1 N–H and O–H groups in total. The Morgan fingerprint density at radius 1 is 1.42 bits per heavy atom. The van der Waals surface area contributed by atoms with Crippen molar-refractivity contribution in [3.05, 3.63) is 50.5 Å². The average molecular weight is 283 g/mol. The summed E-state index contributed by atoms with van der Waals surface area (Å²) in [5.74, 6) is -1.99. The number of nitro groups is 1. The third-order valence-electron chi connectivity index (χ3n) is 2.13. The Bertz CT molecular complexity index is 654. The van der Waals surface area contributed by atoms with E-state index in [-0.39, 0.29) is 16.4 Å². The molecule has 0 spiro atoms. The van der Waals surface area contributed by atoms with Gasteiger partial charge in [-0.1, -0.05) is 0 Å². The van der Waals surface area contributed by atoms with Crippen molar-refractivity contribution in [2.75, 3.05) is 0 Å². The summed E-state index contributed by atoms with van der Waals surface area (Å²) in [7, 11) is 0. The van der Waals surface area contributed by atoms with Crippen LogP contribution in [0, 0.1) is 15.9 Å². The standard InChI is InChI=1S/C11H6FNO5S/c12-6-1-2-8(13(16)17)9(3-6)18-7-4-10(11(14)15)19-5-7/h1-5H,(H,14,15). The number of hydrogen-bond acceptors (Lipinski definition) is 5. The van der Waals surface area contributed by atoms with Gasteiger partial charge in [0.15, 0.2) is 0 Å². The Balaban J connectivity index is 2.33. The summed E-state index contributed by atoms with van der Waals surface area (Å²) in [5.41, 5.74) is -0.399. The van der Waals surface area contributed by atoms with E-state index in [0.29, 0.717) is 0 Å². The van der Waals surface area contributed by atoms with Gasteiger partial charge in [-0.05, 0) is 6.07 Å². The number of benzene rings is 1. The minimum atomic E-state index is -1.13. The Labute approximate surface area is 109 Å². The van der Waals surface area contributed by atoms with Crippen LogP contribution in [0.1, 0.15) is 9.67 Å². The summed E-state index contributed by atoms with van der Waals surface area (Å²) in [6.45, 7) is 0. The lowest BCUT2D eigenvalue weighted by Gasteiger charge is -2.03. The first-order valence-corrected chi connectivity index (χ1v) is 5.79. The highest BCUT2D eigenvalue weighted by Gasteiger charge is 2.18. The molecule has 0 aliphatic carbocycles. The highest BCUT2D eigenvalue weighted by atomic mass is 32.1. The number of hydrogen-bond donors (Lipinski definition) is 1. The van der Waals surface area contributed by atoms with Crippen molar-refractivity contribution in [2.45, 2.75) is 0 Å². The molecule has 0 bridgehead atoms. The number of nitrogens with zero attached hydrogens (tertiary/aromatic N) is 1. The fourth-order valence-corrected chi connectivity index (χ4v) is 1.98. The molecule has 0 atom stereocenters. The second-order valence-corrected chi connectivity index (χ2v) is 4.33. The molecule has 98 valence electrons. The molecule has 0 radical (unpaired) electrons. The number of aromatic carboxylic acids is 1. The predicted molar refractivity (Wildman–Crippen MR) is 64.4 cm³/mol. The van der Waals surface area contributed by atoms with Crippen molar-refractivity contribution in [2.24, 2.45) is 0 Å². The van der Waals surface area contributed by atoms with Gasteiger partial charge in [0.1, 0.15) is 16.4 Å². The predicted octanol–water partition coefficient (Wildman–Crippen LogP) is 3.29. The molecule has 0 saturated carbocycles. The summed E-state index contributed by atoms with van der Waals surface area (Å²) < 4.78 is 18.2. The van der Waals surface area contributed by atoms with Crippen molar-refractivity contribution in [1.82, 2.24) is 0 Å². The summed E-state index contributed by atoms with van der Waals surface area (Å²) >= 11 is 0.907. The Hall–Kier alpha value is -2.48. The normalized spacial score (nSPS) is 10.2. The van der Waals surface area contributed by atoms with Crippen LogP contribution in [0.25, 0.3) is 0 Å². The van der Waals surface area contributed by atoms with Crippen molar-refractivity contribution in [3.8, 4) is 11.5 Å². The zero-order valence-electron chi connectivity index (χ0n) is 9.20. The van der Waals surface area contributed by atoms with E-state index in [1.807, 2.05) is 0 Å². The van der Waals surface area contributed by atoms with Gasteiger partial charge in [0, 0.05) is 23.6 Å². The molecule has 8 heteroatoms. The Kier molecular flexibility index (Phi) is 3.43. The number of rotatable bonds is 4. The zero-order valence-corrected chi connectivity index (χ0v) is 10.0. The second kappa shape index (κ2) is 5.02. The van der Waals surface area contributed by atoms with Crippen LogP contribution in [-0.2, 0) is 0 Å². The van der Waals surface area contributed by atoms with Crippen LogP contribution in [0.4, 0.5) is 10.1 Å². The lowest BCUT2D eigenvalue weighted by atomic mass is 10.3. The highest BCUT2D eigenvalue weighted by Crippen LogP contribution is 2.33. The first-order valence-electron chi connectivity index (χ1n) is 4.91. The minimum Gasteiger partial charge on any atom is -0.477 e. The van der Waals surface area contributed by atoms with Gasteiger partial charge >= 0.3 is 11.7 Å². The van der Waals surface area contributed by atoms with Crippen LogP contribution >= 0.6 is 11.3 Å². The van der Waals surface area contributed by atoms with Crippen molar-refractivity contribution >= 4 is 23.0 Å². The Morgan fingerprint density at radius 2 is 2.16 bits per heavy atom. The van der Waals surface area contributed by atoms with Gasteiger partial charge in [0.05, 0.1) is 4.92 Å². The topological polar surface area (TPSA) is 89.7 Å². The van der Waals surface area contributed by atoms with Gasteiger partial charge in [-0.25, -0.2) is 9.18 Å². The summed E-state index contributed by atoms with van der Waals surface area (Å²) in [5, 5.41) is 20.9. The first kappa shape index (κ1) is 13.0. The number of ether oxygens (including phenoxy) is 1. The lowest BCUT2D eigenvalue weighted by Crippen LogP contribution is -1.94. The molecule has 0 aliphatic heterocycles. The van der Waals surface area contributed by atoms with Crippen molar-refractivity contribution in [3.63, 3.8) is 0 Å². The smallest absolute Gasteiger partial charge is 0.346 e. The third-order valence-corrected chi connectivity index (χ3v) is 3.03. The fourth-order valence-electron chi connectivity index (χ4n) is 1.33. The molecule has 0 amide bonds. The number of carbonyl (C=O) groups is 1. The van der Waals surface area contributed by atoms with E-state index in [1.54, 1.807) is 0 Å². The van der Waals surface area contributed by atoms with E-state index in [0.717, 1.165) is 29.5 Å². The van der Waals surface area contributed by atoms with Gasteiger partial charge < -0.3 is 9.84 Å². The maximum absolute atomic E-state index is 13.1. The molecule has 1 aromatic heterocycles. The van der Waals surface area contributed by atoms with E-state index >= 15 is 0 Å². The van der Waals surface area contributed by atoms with Gasteiger partial charge in [0.25, 0.3) is 0 Å². The van der Waals surface area contributed by atoms with Gasteiger partial charge in [-0.15, -0.1) is 11.3 Å². The van der Waals surface area contributed by atoms with Crippen molar-refractivity contribution in [1.29, 1.82) is 0 Å². The van der Waals surface area contributed by atoms with Crippen LogP contribution < -0.4 is 4.74 Å². The molecule has 6 nitrogen and oxygen atoms in total. The van der Waals surface area contributed by atoms with Gasteiger partial charge in [-0.2, -0.15) is 0 Å². The summed E-state index contributed by atoms with van der Waals surface area (Å²) in [6.07, 6.45) is 0. The number of carboxylic acid groups (broad SMARTS) is 1. The molecule has 19 heavy (non-hydrogen) atoms. The van der Waals surface area contributed by atoms with E-state index < -0.39 is 22.4 Å². The maximum Gasteiger partial charge on any atom is 0.346 e. The van der Waals surface area contributed by atoms with Crippen LogP contribution in [0.3, 0.4) is 0 Å². The first-order chi connectivity index (χ1) is 8.97. The van der Waals surface area contributed by atoms with Crippen LogP contribution in [0.5, 0.6) is 11.5 Å². The number of nitro benzene ring substituents is 1. The second-order valence-electron chi connectivity index (χ2n) is 3.42. The van der Waals surface area contributed by atoms with Gasteiger partial charge in [-0.3, -0.25) is 10.1 Å². The molecular formula is C11H6FNO5S. The summed E-state index contributed by atoms with van der Waals surface area (Å²) in [4.78, 5) is 20.7. The third kappa shape index (κ3) is 2.86. The molecule has 0 unspecified atom stereocenters.